The molecule has 0 saturated heterocycles. The van der Waals surface area contributed by atoms with Gasteiger partial charge in [0.05, 0.1) is 17.1 Å². The Hall–Kier alpha value is -2.73. The predicted octanol–water partition coefficient (Wildman–Crippen LogP) is 4.54. The van der Waals surface area contributed by atoms with Gasteiger partial charge in [0.1, 0.15) is 12.4 Å². The van der Waals surface area contributed by atoms with Crippen molar-refractivity contribution in [1.82, 2.24) is 10.6 Å². The Labute approximate surface area is 177 Å². The van der Waals surface area contributed by atoms with Crippen LogP contribution in [0.4, 0.5) is 10.5 Å². The number of rotatable bonds is 8. The Balaban J connectivity index is 1.81. The maximum Gasteiger partial charge on any atom is 0.319 e. The van der Waals surface area contributed by atoms with Gasteiger partial charge in [-0.25, -0.2) is 4.79 Å². The molecule has 0 spiro atoms. The first kappa shape index (κ1) is 22.6. The molecule has 0 unspecified atom stereocenters. The highest BCUT2D eigenvalue weighted by Crippen LogP contribution is 2.22. The van der Waals surface area contributed by atoms with Crippen molar-refractivity contribution in [3.05, 3.63) is 58.1 Å². The van der Waals surface area contributed by atoms with Gasteiger partial charge in [0.15, 0.2) is 0 Å². The molecule has 0 atom stereocenters. The van der Waals surface area contributed by atoms with E-state index in [1.165, 1.54) is 0 Å². The highest BCUT2D eigenvalue weighted by molar-refractivity contribution is 6.34. The van der Waals surface area contributed by atoms with Gasteiger partial charge in [-0.05, 0) is 49.1 Å². The second-order valence-electron chi connectivity index (χ2n) is 7.25. The van der Waals surface area contributed by atoms with E-state index in [1.807, 2.05) is 45.9 Å². The zero-order chi connectivity index (χ0) is 21.4. The Morgan fingerprint density at radius 3 is 2.38 bits per heavy atom. The molecule has 3 amide bonds. The molecule has 0 saturated carbocycles. The smallest absolute Gasteiger partial charge is 0.319 e. The molecule has 29 heavy (non-hydrogen) atoms. The van der Waals surface area contributed by atoms with Crippen LogP contribution in [0.2, 0.25) is 5.02 Å². The summed E-state index contributed by atoms with van der Waals surface area (Å²) in [6.45, 7) is 9.28. The van der Waals surface area contributed by atoms with Gasteiger partial charge in [0.2, 0.25) is 0 Å². The Bertz CT molecular complexity index is 848. The average Bonchev–Trinajstić information content (AvgIpc) is 2.65. The van der Waals surface area contributed by atoms with E-state index in [-0.39, 0.29) is 17.0 Å². The second-order valence-corrected chi connectivity index (χ2v) is 7.66. The first-order valence-electron chi connectivity index (χ1n) is 9.59. The molecule has 2 aromatic carbocycles. The van der Waals surface area contributed by atoms with Crippen molar-refractivity contribution < 1.29 is 14.3 Å². The van der Waals surface area contributed by atoms with Crippen LogP contribution in [0.1, 0.15) is 35.3 Å². The fourth-order valence-corrected chi connectivity index (χ4v) is 2.96. The average molecular weight is 418 g/mol. The van der Waals surface area contributed by atoms with Gasteiger partial charge < -0.3 is 20.7 Å². The van der Waals surface area contributed by atoms with Crippen molar-refractivity contribution >= 4 is 29.2 Å². The molecular weight excluding hydrogens is 390 g/mol. The number of ether oxygens (including phenoxy) is 1. The molecule has 6 nitrogen and oxygen atoms in total. The van der Waals surface area contributed by atoms with E-state index in [2.05, 4.69) is 16.0 Å². The number of hydrogen-bond donors (Lipinski definition) is 3. The minimum Gasteiger partial charge on any atom is -0.491 e. The Morgan fingerprint density at radius 2 is 1.76 bits per heavy atom. The lowest BCUT2D eigenvalue weighted by Crippen LogP contribution is -2.32. The summed E-state index contributed by atoms with van der Waals surface area (Å²) in [4.78, 5) is 24.2. The van der Waals surface area contributed by atoms with E-state index >= 15 is 0 Å². The van der Waals surface area contributed by atoms with Gasteiger partial charge in [-0.3, -0.25) is 4.79 Å². The number of aryl methyl sites for hydroxylation is 2. The molecule has 0 heterocycles. The van der Waals surface area contributed by atoms with Gasteiger partial charge >= 0.3 is 6.03 Å². The number of carbonyl (C=O) groups is 2. The molecule has 0 bridgehead atoms. The monoisotopic (exact) mass is 417 g/mol. The third-order valence-corrected chi connectivity index (χ3v) is 4.50. The molecular formula is C22H28ClN3O3. The number of para-hydroxylation sites is 1. The minimum atomic E-state index is -0.372. The second kappa shape index (κ2) is 10.7. The van der Waals surface area contributed by atoms with Crippen molar-refractivity contribution in [3.8, 4) is 5.75 Å². The zero-order valence-electron chi connectivity index (χ0n) is 17.3. The summed E-state index contributed by atoms with van der Waals surface area (Å²) < 4.78 is 5.76. The number of nitrogens with one attached hydrogen (secondary N) is 3. The normalized spacial score (nSPS) is 10.6. The molecule has 2 rings (SSSR count). The highest BCUT2D eigenvalue weighted by atomic mass is 35.5. The molecule has 0 aliphatic heterocycles. The molecule has 3 N–H and O–H groups in total. The van der Waals surface area contributed by atoms with Gasteiger partial charge in [-0.2, -0.15) is 0 Å². The first-order chi connectivity index (χ1) is 13.8. The third kappa shape index (κ3) is 6.98. The fourth-order valence-electron chi connectivity index (χ4n) is 2.69. The van der Waals surface area contributed by atoms with E-state index in [4.69, 9.17) is 16.3 Å². The summed E-state index contributed by atoms with van der Waals surface area (Å²) >= 11 is 6.19. The quantitative estimate of drug-likeness (QED) is 0.551. The summed E-state index contributed by atoms with van der Waals surface area (Å²) in [6.07, 6.45) is 0. The first-order valence-corrected chi connectivity index (χ1v) is 9.97. The van der Waals surface area contributed by atoms with Crippen molar-refractivity contribution in [2.45, 2.75) is 27.7 Å². The van der Waals surface area contributed by atoms with Crippen LogP contribution in [0.25, 0.3) is 0 Å². The van der Waals surface area contributed by atoms with Crippen LogP contribution in [0.3, 0.4) is 0 Å². The molecule has 0 fully saturated rings. The van der Waals surface area contributed by atoms with E-state index in [0.717, 1.165) is 16.9 Å². The van der Waals surface area contributed by atoms with Crippen LogP contribution in [0.15, 0.2) is 36.4 Å². The Kier molecular flexibility index (Phi) is 8.34. The standard InChI is InChI=1S/C22H28ClN3O3/c1-14(2)13-25-21(27)18-9-8-17(12-19(18)23)26-22(28)24-10-11-29-20-15(3)6-5-7-16(20)4/h5-9,12,14H,10-11,13H2,1-4H3,(H,25,27)(H2,24,26,28). The molecule has 0 aliphatic rings. The van der Waals surface area contributed by atoms with Gasteiger partial charge in [-0.15, -0.1) is 0 Å². The number of urea groups is 1. The lowest BCUT2D eigenvalue weighted by Gasteiger charge is -2.13. The summed E-state index contributed by atoms with van der Waals surface area (Å²) in [7, 11) is 0. The number of hydrogen-bond acceptors (Lipinski definition) is 3. The SMILES string of the molecule is Cc1cccc(C)c1OCCNC(=O)Nc1ccc(C(=O)NCC(C)C)c(Cl)c1. The largest absolute Gasteiger partial charge is 0.491 e. The lowest BCUT2D eigenvalue weighted by molar-refractivity contribution is 0.0949. The number of carbonyl (C=O) groups excluding carboxylic acids is 2. The maximum absolute atomic E-state index is 12.1. The van der Waals surface area contributed by atoms with Crippen LogP contribution >= 0.6 is 11.6 Å². The van der Waals surface area contributed by atoms with Crippen molar-refractivity contribution in [1.29, 1.82) is 0 Å². The van der Waals surface area contributed by atoms with Gasteiger partial charge in [0, 0.05) is 12.2 Å². The van der Waals surface area contributed by atoms with E-state index in [1.54, 1.807) is 18.2 Å². The van der Waals surface area contributed by atoms with Crippen LogP contribution in [-0.4, -0.2) is 31.6 Å². The van der Waals surface area contributed by atoms with E-state index in [0.29, 0.717) is 36.9 Å². The molecule has 0 aromatic heterocycles. The number of amides is 3. The third-order valence-electron chi connectivity index (χ3n) is 4.19. The lowest BCUT2D eigenvalue weighted by atomic mass is 10.1. The molecule has 0 radical (unpaired) electrons. The summed E-state index contributed by atoms with van der Waals surface area (Å²) in [5, 5.41) is 8.53. The maximum atomic E-state index is 12.1. The highest BCUT2D eigenvalue weighted by Gasteiger charge is 2.12. The number of anilines is 1. The molecule has 7 heteroatoms. The van der Waals surface area contributed by atoms with Crippen LogP contribution < -0.4 is 20.7 Å². The summed E-state index contributed by atoms with van der Waals surface area (Å²) in [6, 6.07) is 10.4. The van der Waals surface area contributed by atoms with Crippen molar-refractivity contribution in [2.75, 3.05) is 25.0 Å². The molecule has 2 aromatic rings. The van der Waals surface area contributed by atoms with E-state index in [9.17, 15) is 9.59 Å². The number of halogens is 1. The number of benzene rings is 2. The molecule has 0 aliphatic carbocycles. The van der Waals surface area contributed by atoms with Crippen molar-refractivity contribution in [2.24, 2.45) is 5.92 Å². The van der Waals surface area contributed by atoms with Crippen LogP contribution in [0.5, 0.6) is 5.75 Å². The van der Waals surface area contributed by atoms with Crippen LogP contribution in [0, 0.1) is 19.8 Å². The van der Waals surface area contributed by atoms with E-state index < -0.39 is 0 Å². The molecule has 156 valence electrons. The Morgan fingerprint density at radius 1 is 1.07 bits per heavy atom. The van der Waals surface area contributed by atoms with Crippen molar-refractivity contribution in [3.63, 3.8) is 0 Å². The fraction of sp³-hybridized carbons (Fsp3) is 0.364. The predicted molar refractivity (Wildman–Crippen MR) is 117 cm³/mol. The summed E-state index contributed by atoms with van der Waals surface area (Å²) in [5.74, 6) is 0.956. The van der Waals surface area contributed by atoms with Crippen LogP contribution in [-0.2, 0) is 0 Å². The van der Waals surface area contributed by atoms with Gasteiger partial charge in [0.25, 0.3) is 5.91 Å². The zero-order valence-corrected chi connectivity index (χ0v) is 18.0. The minimum absolute atomic E-state index is 0.233. The van der Waals surface area contributed by atoms with Gasteiger partial charge in [-0.1, -0.05) is 43.6 Å². The summed E-state index contributed by atoms with van der Waals surface area (Å²) in [5.41, 5.74) is 2.99. The topological polar surface area (TPSA) is 79.5 Å².